The van der Waals surface area contributed by atoms with Gasteiger partial charge in [0.25, 0.3) is 5.91 Å². The van der Waals surface area contributed by atoms with Gasteiger partial charge in [-0.1, -0.05) is 23.7 Å². The summed E-state index contributed by atoms with van der Waals surface area (Å²) in [6.45, 7) is 1.76. The molecule has 0 aliphatic carbocycles. The third-order valence-electron chi connectivity index (χ3n) is 3.49. The molecule has 0 atom stereocenters. The van der Waals surface area contributed by atoms with E-state index in [0.29, 0.717) is 27.6 Å². The predicted octanol–water partition coefficient (Wildman–Crippen LogP) is 4.71. The van der Waals surface area contributed by atoms with E-state index in [-0.39, 0.29) is 11.7 Å². The number of hydrogen-bond acceptors (Lipinski definition) is 4. The average molecular weight is 356 g/mol. The Bertz CT molecular complexity index is 915. The van der Waals surface area contributed by atoms with Gasteiger partial charge >= 0.3 is 5.97 Å². The highest BCUT2D eigenvalue weighted by Gasteiger charge is 2.15. The number of halogens is 1. The van der Waals surface area contributed by atoms with E-state index in [1.807, 2.05) is 0 Å². The van der Waals surface area contributed by atoms with Crippen LogP contribution in [0.2, 0.25) is 5.02 Å². The standard InChI is InChI=1S/C19H14ClNO4/c1-12-10-11-24-17(12)19(23)25-14-8-6-13(7-9-14)21-18(22)15-4-2-3-5-16(15)20/h2-11H,1H3,(H,21,22). The number of ether oxygens (including phenoxy) is 1. The Kier molecular flexibility index (Phi) is 4.86. The third kappa shape index (κ3) is 3.89. The fourth-order valence-electron chi connectivity index (χ4n) is 2.19. The van der Waals surface area contributed by atoms with Gasteiger partial charge in [-0.25, -0.2) is 4.79 Å². The van der Waals surface area contributed by atoms with E-state index >= 15 is 0 Å². The molecule has 0 radical (unpaired) electrons. The first kappa shape index (κ1) is 16.8. The Balaban J connectivity index is 1.66. The van der Waals surface area contributed by atoms with Crippen LogP contribution in [0.5, 0.6) is 5.75 Å². The largest absolute Gasteiger partial charge is 0.457 e. The van der Waals surface area contributed by atoms with Crippen molar-refractivity contribution in [2.75, 3.05) is 5.32 Å². The second-order valence-electron chi connectivity index (χ2n) is 5.28. The van der Waals surface area contributed by atoms with Gasteiger partial charge in [-0.05, 0) is 49.4 Å². The SMILES string of the molecule is Cc1ccoc1C(=O)Oc1ccc(NC(=O)c2ccccc2Cl)cc1. The molecule has 1 amide bonds. The molecule has 1 heterocycles. The summed E-state index contributed by atoms with van der Waals surface area (Å²) in [5.41, 5.74) is 1.64. The van der Waals surface area contributed by atoms with Crippen LogP contribution in [-0.2, 0) is 0 Å². The van der Waals surface area contributed by atoms with Gasteiger partial charge in [0.15, 0.2) is 0 Å². The number of rotatable bonds is 4. The molecular weight excluding hydrogens is 342 g/mol. The van der Waals surface area contributed by atoms with E-state index in [4.69, 9.17) is 20.8 Å². The summed E-state index contributed by atoms with van der Waals surface area (Å²) >= 11 is 6.00. The summed E-state index contributed by atoms with van der Waals surface area (Å²) in [6.07, 6.45) is 1.43. The molecule has 0 bridgehead atoms. The molecule has 6 heteroatoms. The van der Waals surface area contributed by atoms with E-state index in [0.717, 1.165) is 0 Å². The molecule has 2 aromatic carbocycles. The lowest BCUT2D eigenvalue weighted by Gasteiger charge is -2.08. The van der Waals surface area contributed by atoms with Crippen LogP contribution < -0.4 is 10.1 Å². The van der Waals surface area contributed by atoms with E-state index < -0.39 is 5.97 Å². The summed E-state index contributed by atoms with van der Waals surface area (Å²) in [5.74, 6) is -0.385. The first-order valence-corrected chi connectivity index (χ1v) is 7.84. The Hall–Kier alpha value is -3.05. The number of benzene rings is 2. The third-order valence-corrected chi connectivity index (χ3v) is 3.82. The molecule has 0 fully saturated rings. The van der Waals surface area contributed by atoms with Crippen LogP contribution in [0.3, 0.4) is 0 Å². The number of nitrogens with one attached hydrogen (secondary N) is 1. The molecule has 0 aliphatic heterocycles. The minimum Gasteiger partial charge on any atom is -0.457 e. The zero-order chi connectivity index (χ0) is 17.8. The van der Waals surface area contributed by atoms with Gasteiger partial charge in [-0.3, -0.25) is 4.79 Å². The molecule has 1 N–H and O–H groups in total. The Labute approximate surface area is 149 Å². The number of hydrogen-bond donors (Lipinski definition) is 1. The molecule has 0 spiro atoms. The normalized spacial score (nSPS) is 10.3. The van der Waals surface area contributed by atoms with Crippen molar-refractivity contribution < 1.29 is 18.7 Å². The minimum atomic E-state index is -0.574. The van der Waals surface area contributed by atoms with Crippen LogP contribution in [0.25, 0.3) is 0 Å². The maximum atomic E-state index is 12.2. The van der Waals surface area contributed by atoms with Crippen molar-refractivity contribution in [2.45, 2.75) is 6.92 Å². The topological polar surface area (TPSA) is 68.5 Å². The number of furan rings is 1. The summed E-state index contributed by atoms with van der Waals surface area (Å²) < 4.78 is 10.3. The van der Waals surface area contributed by atoms with Gasteiger partial charge in [0.1, 0.15) is 5.75 Å². The maximum Gasteiger partial charge on any atom is 0.379 e. The van der Waals surface area contributed by atoms with E-state index in [2.05, 4.69) is 5.32 Å². The smallest absolute Gasteiger partial charge is 0.379 e. The highest BCUT2D eigenvalue weighted by molar-refractivity contribution is 6.34. The fourth-order valence-corrected chi connectivity index (χ4v) is 2.41. The van der Waals surface area contributed by atoms with E-state index in [9.17, 15) is 9.59 Å². The van der Waals surface area contributed by atoms with Crippen LogP contribution in [-0.4, -0.2) is 11.9 Å². The Morgan fingerprint density at radius 2 is 1.76 bits per heavy atom. The molecule has 0 unspecified atom stereocenters. The van der Waals surface area contributed by atoms with Crippen molar-refractivity contribution >= 4 is 29.2 Å². The van der Waals surface area contributed by atoms with E-state index in [1.165, 1.54) is 6.26 Å². The van der Waals surface area contributed by atoms with Crippen molar-refractivity contribution in [1.82, 2.24) is 0 Å². The second kappa shape index (κ2) is 7.23. The molecule has 0 saturated carbocycles. The number of esters is 1. The van der Waals surface area contributed by atoms with Gasteiger partial charge in [-0.2, -0.15) is 0 Å². The molecular formula is C19H14ClNO4. The number of carbonyl (C=O) groups excluding carboxylic acids is 2. The number of carbonyl (C=O) groups is 2. The molecule has 126 valence electrons. The monoisotopic (exact) mass is 355 g/mol. The van der Waals surface area contributed by atoms with Crippen LogP contribution in [0, 0.1) is 6.92 Å². The number of aryl methyl sites for hydroxylation is 1. The van der Waals surface area contributed by atoms with Gasteiger partial charge in [-0.15, -0.1) is 0 Å². The first-order chi connectivity index (χ1) is 12.0. The molecule has 5 nitrogen and oxygen atoms in total. The lowest BCUT2D eigenvalue weighted by molar-refractivity contribution is 0.0700. The number of amides is 1. The van der Waals surface area contributed by atoms with Gasteiger partial charge in [0, 0.05) is 11.3 Å². The maximum absolute atomic E-state index is 12.2. The highest BCUT2D eigenvalue weighted by atomic mass is 35.5. The van der Waals surface area contributed by atoms with Crippen molar-refractivity contribution in [3.05, 3.63) is 82.8 Å². The summed E-state index contributed by atoms with van der Waals surface area (Å²) in [4.78, 5) is 24.2. The summed E-state index contributed by atoms with van der Waals surface area (Å²) in [5, 5.41) is 3.11. The Morgan fingerprint density at radius 3 is 2.40 bits per heavy atom. The Morgan fingerprint density at radius 1 is 1.04 bits per heavy atom. The molecule has 3 aromatic rings. The predicted molar refractivity (Wildman–Crippen MR) is 94.3 cm³/mol. The van der Waals surface area contributed by atoms with E-state index in [1.54, 1.807) is 61.5 Å². The van der Waals surface area contributed by atoms with Crippen LogP contribution in [0.1, 0.15) is 26.5 Å². The molecule has 25 heavy (non-hydrogen) atoms. The molecule has 3 rings (SSSR count). The quantitative estimate of drug-likeness (QED) is 0.543. The minimum absolute atomic E-state index is 0.163. The molecule has 1 aromatic heterocycles. The molecule has 0 saturated heterocycles. The van der Waals surface area contributed by atoms with Crippen LogP contribution in [0.4, 0.5) is 5.69 Å². The average Bonchev–Trinajstić information content (AvgIpc) is 3.03. The van der Waals surface area contributed by atoms with Crippen molar-refractivity contribution in [1.29, 1.82) is 0 Å². The van der Waals surface area contributed by atoms with Gasteiger partial charge < -0.3 is 14.5 Å². The van der Waals surface area contributed by atoms with Crippen molar-refractivity contribution in [3.8, 4) is 5.75 Å². The fraction of sp³-hybridized carbons (Fsp3) is 0.0526. The van der Waals surface area contributed by atoms with Crippen molar-refractivity contribution in [2.24, 2.45) is 0 Å². The lowest BCUT2D eigenvalue weighted by Crippen LogP contribution is -2.12. The molecule has 0 aliphatic rings. The second-order valence-corrected chi connectivity index (χ2v) is 5.69. The zero-order valence-electron chi connectivity index (χ0n) is 13.3. The number of anilines is 1. The summed E-state index contributed by atoms with van der Waals surface area (Å²) in [6, 6.07) is 14.9. The van der Waals surface area contributed by atoms with Crippen LogP contribution >= 0.6 is 11.6 Å². The zero-order valence-corrected chi connectivity index (χ0v) is 14.0. The van der Waals surface area contributed by atoms with Crippen molar-refractivity contribution in [3.63, 3.8) is 0 Å². The lowest BCUT2D eigenvalue weighted by atomic mass is 10.2. The van der Waals surface area contributed by atoms with Gasteiger partial charge in [0.2, 0.25) is 5.76 Å². The van der Waals surface area contributed by atoms with Crippen LogP contribution in [0.15, 0.2) is 65.3 Å². The first-order valence-electron chi connectivity index (χ1n) is 7.47. The van der Waals surface area contributed by atoms with Gasteiger partial charge in [0.05, 0.1) is 16.8 Å². The summed E-state index contributed by atoms with van der Waals surface area (Å²) in [7, 11) is 0. The highest BCUT2D eigenvalue weighted by Crippen LogP contribution is 2.20.